The minimum atomic E-state index is -0.142. The third-order valence-corrected chi connectivity index (χ3v) is 5.89. The van der Waals surface area contributed by atoms with Crippen molar-refractivity contribution < 1.29 is 9.53 Å². The van der Waals surface area contributed by atoms with E-state index < -0.39 is 0 Å². The average molecular weight is 387 g/mol. The number of ether oxygens (including phenoxy) is 1. The lowest BCUT2D eigenvalue weighted by Crippen LogP contribution is -2.45. The summed E-state index contributed by atoms with van der Waals surface area (Å²) in [6.45, 7) is 2.39. The van der Waals surface area contributed by atoms with E-state index in [4.69, 9.17) is 22.1 Å². The number of hydrogen-bond acceptors (Lipinski definition) is 3. The second-order valence-corrected chi connectivity index (χ2v) is 7.57. The summed E-state index contributed by atoms with van der Waals surface area (Å²) in [5, 5.41) is 0.697. The van der Waals surface area contributed by atoms with Gasteiger partial charge in [0.2, 0.25) is 5.91 Å². The smallest absolute Gasteiger partial charge is 0.223 e. The number of carbonyl (C=O) groups is 1. The highest BCUT2D eigenvalue weighted by Crippen LogP contribution is 2.39. The summed E-state index contributed by atoms with van der Waals surface area (Å²) in [7, 11) is 0. The minimum absolute atomic E-state index is 0. The van der Waals surface area contributed by atoms with Gasteiger partial charge in [-0.1, -0.05) is 49.1 Å². The molecule has 140 valence electrons. The molecule has 1 aliphatic carbocycles. The van der Waals surface area contributed by atoms with E-state index in [1.807, 2.05) is 29.2 Å². The topological polar surface area (TPSA) is 55.6 Å². The fourth-order valence-electron chi connectivity index (χ4n) is 3.99. The van der Waals surface area contributed by atoms with E-state index in [1.54, 1.807) is 0 Å². The lowest BCUT2D eigenvalue weighted by atomic mass is 9.71. The largest absolute Gasteiger partial charge is 0.370 e. The number of nitrogens with zero attached hydrogens (tertiary/aromatic N) is 1. The average Bonchev–Trinajstić information content (AvgIpc) is 2.63. The Balaban J connectivity index is 0.00000225. The third kappa shape index (κ3) is 4.88. The zero-order chi connectivity index (χ0) is 17.0. The number of amides is 1. The van der Waals surface area contributed by atoms with E-state index in [9.17, 15) is 4.79 Å². The quantitative estimate of drug-likeness (QED) is 0.851. The Labute approximate surface area is 161 Å². The number of rotatable bonds is 4. The second kappa shape index (κ2) is 9.22. The van der Waals surface area contributed by atoms with E-state index in [2.05, 4.69) is 0 Å². The summed E-state index contributed by atoms with van der Waals surface area (Å²) < 4.78 is 5.86. The van der Waals surface area contributed by atoms with Crippen LogP contribution in [0.5, 0.6) is 0 Å². The predicted octanol–water partition coefficient (Wildman–Crippen LogP) is 3.96. The Hall–Kier alpha value is -0.810. The lowest BCUT2D eigenvalue weighted by Gasteiger charge is -2.39. The van der Waals surface area contributed by atoms with Gasteiger partial charge in [0.25, 0.3) is 0 Å². The number of hydrogen-bond donors (Lipinski definition) is 1. The van der Waals surface area contributed by atoms with Crippen molar-refractivity contribution in [3.05, 3.63) is 34.9 Å². The van der Waals surface area contributed by atoms with E-state index in [-0.39, 0.29) is 29.8 Å². The normalized spacial score (nSPS) is 23.0. The Morgan fingerprint density at radius 1 is 1.28 bits per heavy atom. The Bertz CT molecular complexity index is 576. The molecule has 4 nitrogen and oxygen atoms in total. The molecule has 1 aromatic carbocycles. The zero-order valence-electron chi connectivity index (χ0n) is 14.6. The number of halogens is 2. The molecule has 1 atom stereocenters. The molecule has 1 aromatic rings. The highest BCUT2D eigenvalue weighted by atomic mass is 35.5. The molecular formula is C19H28Cl2N2O2. The summed E-state index contributed by atoms with van der Waals surface area (Å²) in [5.74, 6) is 0.211. The van der Waals surface area contributed by atoms with Crippen molar-refractivity contribution in [3.8, 4) is 0 Å². The molecule has 0 radical (unpaired) electrons. The van der Waals surface area contributed by atoms with Gasteiger partial charge in [-0.25, -0.2) is 0 Å². The lowest BCUT2D eigenvalue weighted by molar-refractivity contribution is -0.142. The molecule has 2 aliphatic rings. The number of benzene rings is 1. The van der Waals surface area contributed by atoms with Crippen LogP contribution in [0.3, 0.4) is 0 Å². The van der Waals surface area contributed by atoms with Crippen molar-refractivity contribution >= 4 is 29.9 Å². The van der Waals surface area contributed by atoms with Crippen molar-refractivity contribution in [2.45, 2.75) is 44.6 Å². The van der Waals surface area contributed by atoms with Gasteiger partial charge in [0, 0.05) is 23.6 Å². The van der Waals surface area contributed by atoms with Crippen LogP contribution in [0, 0.1) is 5.41 Å². The molecule has 1 saturated heterocycles. The van der Waals surface area contributed by atoms with E-state index in [0.29, 0.717) is 37.7 Å². The fraction of sp³-hybridized carbons (Fsp3) is 0.632. The molecular weight excluding hydrogens is 359 g/mol. The molecule has 0 spiro atoms. The number of carbonyl (C=O) groups excluding carboxylic acids is 1. The van der Waals surface area contributed by atoms with Crippen molar-refractivity contribution in [2.24, 2.45) is 11.1 Å². The molecule has 25 heavy (non-hydrogen) atoms. The summed E-state index contributed by atoms with van der Waals surface area (Å²) in [6.07, 6.45) is 6.23. The Morgan fingerprint density at radius 3 is 2.68 bits per heavy atom. The van der Waals surface area contributed by atoms with Crippen molar-refractivity contribution in [1.82, 2.24) is 4.90 Å². The van der Waals surface area contributed by atoms with Crippen LogP contribution in [0.2, 0.25) is 5.02 Å². The number of morpholine rings is 1. The van der Waals surface area contributed by atoms with Gasteiger partial charge >= 0.3 is 0 Å². The van der Waals surface area contributed by atoms with Crippen LogP contribution in [0.25, 0.3) is 0 Å². The van der Waals surface area contributed by atoms with Crippen LogP contribution < -0.4 is 5.73 Å². The maximum Gasteiger partial charge on any atom is 0.223 e. The summed E-state index contributed by atoms with van der Waals surface area (Å²) in [5.41, 5.74) is 7.01. The monoisotopic (exact) mass is 386 g/mol. The third-order valence-electron chi connectivity index (χ3n) is 5.54. The first-order chi connectivity index (χ1) is 11.6. The standard InChI is InChI=1S/C19H27ClN2O2.ClH/c20-16-7-3-2-6-15(16)17-13-22(10-11-24-17)18(23)12-19(14-21)8-4-1-5-9-19;/h2-3,6-7,17H,1,4-5,8-14,21H2;1H. The minimum Gasteiger partial charge on any atom is -0.370 e. The van der Waals surface area contributed by atoms with Crippen LogP contribution in [-0.4, -0.2) is 37.0 Å². The molecule has 1 saturated carbocycles. The summed E-state index contributed by atoms with van der Waals surface area (Å²) in [4.78, 5) is 14.8. The van der Waals surface area contributed by atoms with Crippen LogP contribution in [0.15, 0.2) is 24.3 Å². The van der Waals surface area contributed by atoms with Crippen molar-refractivity contribution in [2.75, 3.05) is 26.2 Å². The molecule has 1 unspecified atom stereocenters. The molecule has 1 amide bonds. The fourth-order valence-corrected chi connectivity index (χ4v) is 4.25. The Morgan fingerprint density at radius 2 is 2.00 bits per heavy atom. The highest BCUT2D eigenvalue weighted by molar-refractivity contribution is 6.31. The molecule has 1 aliphatic heterocycles. The molecule has 2 N–H and O–H groups in total. The van der Waals surface area contributed by atoms with Crippen LogP contribution in [0.1, 0.15) is 50.2 Å². The number of nitrogens with two attached hydrogens (primary N) is 1. The summed E-state index contributed by atoms with van der Waals surface area (Å²) in [6, 6.07) is 7.71. The van der Waals surface area contributed by atoms with Gasteiger partial charge in [0.05, 0.1) is 13.2 Å². The van der Waals surface area contributed by atoms with Crippen molar-refractivity contribution in [3.63, 3.8) is 0 Å². The Kier molecular flexibility index (Phi) is 7.56. The van der Waals surface area contributed by atoms with E-state index in [0.717, 1.165) is 18.4 Å². The second-order valence-electron chi connectivity index (χ2n) is 7.16. The molecule has 6 heteroatoms. The highest BCUT2D eigenvalue weighted by Gasteiger charge is 2.36. The van der Waals surface area contributed by atoms with Crippen molar-refractivity contribution in [1.29, 1.82) is 0 Å². The van der Waals surface area contributed by atoms with Gasteiger partial charge in [-0.05, 0) is 30.9 Å². The first-order valence-electron chi connectivity index (χ1n) is 8.97. The van der Waals surface area contributed by atoms with Crippen LogP contribution in [-0.2, 0) is 9.53 Å². The SMILES string of the molecule is Cl.NCC1(CC(=O)N2CCOC(c3ccccc3Cl)C2)CCCCC1. The predicted molar refractivity (Wildman–Crippen MR) is 103 cm³/mol. The molecule has 1 heterocycles. The molecule has 0 aromatic heterocycles. The summed E-state index contributed by atoms with van der Waals surface area (Å²) >= 11 is 6.29. The maximum absolute atomic E-state index is 12.9. The van der Waals surface area contributed by atoms with Crippen LogP contribution in [0.4, 0.5) is 0 Å². The van der Waals surface area contributed by atoms with Gasteiger partial charge in [0.1, 0.15) is 6.10 Å². The first-order valence-corrected chi connectivity index (χ1v) is 9.35. The zero-order valence-corrected chi connectivity index (χ0v) is 16.2. The van der Waals surface area contributed by atoms with Gasteiger partial charge in [-0.3, -0.25) is 4.79 Å². The maximum atomic E-state index is 12.9. The molecule has 2 fully saturated rings. The van der Waals surface area contributed by atoms with E-state index in [1.165, 1.54) is 19.3 Å². The van der Waals surface area contributed by atoms with Gasteiger partial charge in [-0.2, -0.15) is 0 Å². The van der Waals surface area contributed by atoms with Gasteiger partial charge < -0.3 is 15.4 Å². The molecule has 0 bridgehead atoms. The molecule has 3 rings (SSSR count). The van der Waals surface area contributed by atoms with Gasteiger partial charge in [-0.15, -0.1) is 12.4 Å². The van der Waals surface area contributed by atoms with E-state index >= 15 is 0 Å². The van der Waals surface area contributed by atoms with Crippen LogP contribution >= 0.6 is 24.0 Å². The van der Waals surface area contributed by atoms with Gasteiger partial charge in [0.15, 0.2) is 0 Å². The first kappa shape index (κ1) is 20.5.